The minimum absolute atomic E-state index is 0.130. The fourth-order valence-corrected chi connectivity index (χ4v) is 13.0. The molecular formula is C67H54N3OP. The Hall–Kier alpha value is -8.04. The maximum atomic E-state index is 13.9. The molecule has 1 aliphatic rings. The van der Waals surface area contributed by atoms with Crippen molar-refractivity contribution >= 4 is 34.0 Å². The molecule has 4 nitrogen and oxygen atoms in total. The molecule has 0 amide bonds. The Morgan fingerprint density at radius 3 is 1.26 bits per heavy atom. The summed E-state index contributed by atoms with van der Waals surface area (Å²) in [5.41, 5.74) is 14.6. The quantitative estimate of drug-likeness (QED) is 0.101. The Morgan fingerprint density at radius 2 is 0.736 bits per heavy atom. The van der Waals surface area contributed by atoms with Crippen molar-refractivity contribution in [3.63, 3.8) is 0 Å². The van der Waals surface area contributed by atoms with Crippen molar-refractivity contribution in [2.75, 3.05) is 13.3 Å². The molecule has 5 heteroatoms. The predicted octanol–water partition coefficient (Wildman–Crippen LogP) is 17.3. The monoisotopic (exact) mass is 947 g/mol. The van der Waals surface area contributed by atoms with Gasteiger partial charge in [0.25, 0.3) is 0 Å². The molecule has 0 bridgehead atoms. The molecule has 1 heterocycles. The van der Waals surface area contributed by atoms with E-state index in [-0.39, 0.29) is 5.41 Å². The Balaban J connectivity index is 0.923. The van der Waals surface area contributed by atoms with Crippen molar-refractivity contribution in [3.8, 4) is 78.7 Å². The summed E-state index contributed by atoms with van der Waals surface area (Å²) >= 11 is 0. The van der Waals surface area contributed by atoms with Crippen LogP contribution in [0.1, 0.15) is 43.2 Å². The van der Waals surface area contributed by atoms with Crippen molar-refractivity contribution in [3.05, 3.63) is 242 Å². The average molecular weight is 948 g/mol. The molecule has 1 aromatic heterocycles. The third kappa shape index (κ3) is 8.46. The van der Waals surface area contributed by atoms with E-state index in [1.807, 2.05) is 19.4 Å². The van der Waals surface area contributed by atoms with Gasteiger partial charge in [-0.15, -0.1) is 0 Å². The van der Waals surface area contributed by atoms with Crippen molar-refractivity contribution < 1.29 is 4.57 Å². The van der Waals surface area contributed by atoms with Crippen LogP contribution in [-0.4, -0.2) is 28.3 Å². The lowest BCUT2D eigenvalue weighted by Crippen LogP contribution is -2.30. The predicted molar refractivity (Wildman–Crippen MR) is 302 cm³/mol. The lowest BCUT2D eigenvalue weighted by Gasteiger charge is -2.39. The van der Waals surface area contributed by atoms with Gasteiger partial charge in [0.05, 0.1) is 0 Å². The summed E-state index contributed by atoms with van der Waals surface area (Å²) in [6.07, 6.45) is 5.75. The van der Waals surface area contributed by atoms with Gasteiger partial charge in [-0.2, -0.15) is 0 Å². The Bertz CT molecular complexity index is 3740. The number of aromatic nitrogens is 3. The average Bonchev–Trinajstić information content (AvgIpc) is 3.45. The number of hydrogen-bond donors (Lipinski definition) is 0. The maximum absolute atomic E-state index is 13.9. The van der Waals surface area contributed by atoms with E-state index in [0.29, 0.717) is 17.5 Å². The van der Waals surface area contributed by atoms with Gasteiger partial charge in [-0.3, -0.25) is 0 Å². The van der Waals surface area contributed by atoms with E-state index in [9.17, 15) is 4.57 Å². The zero-order valence-electron chi connectivity index (χ0n) is 40.7. The fraction of sp³-hybridized carbons (Fsp3) is 0.119. The molecule has 1 fully saturated rings. The molecule has 1 saturated carbocycles. The molecule has 10 aromatic carbocycles. The summed E-state index contributed by atoms with van der Waals surface area (Å²) in [5, 5.41) is 5.39. The van der Waals surface area contributed by atoms with Gasteiger partial charge in [-0.25, -0.2) is 15.0 Å². The van der Waals surface area contributed by atoms with E-state index >= 15 is 0 Å². The number of hydrogen-bond acceptors (Lipinski definition) is 4. The molecular weight excluding hydrogens is 894 g/mol. The molecule has 0 saturated heterocycles. The molecule has 0 aliphatic heterocycles. The van der Waals surface area contributed by atoms with Crippen molar-refractivity contribution in [1.82, 2.24) is 15.0 Å². The SMILES string of the molecule is CP(C)(=O)c1c2ccccc2c(-c2ccc(C3(c4ccc(-c5nc(-c6ccc(-c7ccccc7-c7ccccc7)cc6)nc(-c6cccc(-c7ccccc7)c6)n5)cc4)CCCCC3)cc2)c2ccccc12. The van der Waals surface area contributed by atoms with Crippen LogP contribution in [0.4, 0.5) is 0 Å². The number of fused-ring (bicyclic) bond motifs is 2. The zero-order valence-corrected chi connectivity index (χ0v) is 41.6. The Kier molecular flexibility index (Phi) is 11.9. The van der Waals surface area contributed by atoms with Crippen molar-refractivity contribution in [2.45, 2.75) is 37.5 Å². The topological polar surface area (TPSA) is 55.7 Å². The largest absolute Gasteiger partial charge is 0.319 e. The van der Waals surface area contributed by atoms with Crippen molar-refractivity contribution in [2.24, 2.45) is 0 Å². The first-order valence-corrected chi connectivity index (χ1v) is 27.8. The van der Waals surface area contributed by atoms with Gasteiger partial charge in [0.1, 0.15) is 7.14 Å². The van der Waals surface area contributed by atoms with Gasteiger partial charge in [0, 0.05) is 27.4 Å². The highest BCUT2D eigenvalue weighted by atomic mass is 31.2. The summed E-state index contributed by atoms with van der Waals surface area (Å²) in [4.78, 5) is 15.6. The minimum atomic E-state index is -2.59. The highest BCUT2D eigenvalue weighted by Crippen LogP contribution is 2.48. The third-order valence-corrected chi connectivity index (χ3v) is 16.5. The molecule has 72 heavy (non-hydrogen) atoms. The molecule has 12 rings (SSSR count). The molecule has 0 N–H and O–H groups in total. The van der Waals surface area contributed by atoms with Crippen LogP contribution in [0.2, 0.25) is 0 Å². The van der Waals surface area contributed by atoms with E-state index in [4.69, 9.17) is 15.0 Å². The van der Waals surface area contributed by atoms with Crippen LogP contribution < -0.4 is 5.30 Å². The molecule has 0 atom stereocenters. The smallest absolute Gasteiger partial charge is 0.164 e. The van der Waals surface area contributed by atoms with Crippen LogP contribution in [-0.2, 0) is 9.98 Å². The van der Waals surface area contributed by atoms with E-state index in [1.165, 1.54) is 58.2 Å². The highest BCUT2D eigenvalue weighted by molar-refractivity contribution is 7.71. The lowest BCUT2D eigenvalue weighted by molar-refractivity contribution is 0.346. The van der Waals surface area contributed by atoms with Crippen LogP contribution in [0.5, 0.6) is 0 Å². The first kappa shape index (κ1) is 45.1. The lowest BCUT2D eigenvalue weighted by atomic mass is 9.65. The van der Waals surface area contributed by atoms with Crippen LogP contribution in [0.15, 0.2) is 231 Å². The Morgan fingerprint density at radius 1 is 0.347 bits per heavy atom. The first-order valence-electron chi connectivity index (χ1n) is 25.2. The zero-order chi connectivity index (χ0) is 48.7. The third-order valence-electron chi connectivity index (χ3n) is 14.9. The van der Waals surface area contributed by atoms with Crippen LogP contribution in [0.25, 0.3) is 100 Å². The number of rotatable bonds is 10. The van der Waals surface area contributed by atoms with Gasteiger partial charge < -0.3 is 4.57 Å². The van der Waals surface area contributed by atoms with E-state index < -0.39 is 7.14 Å². The molecule has 0 spiro atoms. The van der Waals surface area contributed by atoms with E-state index in [1.54, 1.807) is 0 Å². The normalized spacial score (nSPS) is 13.6. The van der Waals surface area contributed by atoms with Crippen LogP contribution in [0.3, 0.4) is 0 Å². The van der Waals surface area contributed by atoms with Gasteiger partial charge in [-0.05, 0) is 109 Å². The molecule has 0 unspecified atom stereocenters. The second kappa shape index (κ2) is 18.9. The highest BCUT2D eigenvalue weighted by Gasteiger charge is 2.36. The summed E-state index contributed by atoms with van der Waals surface area (Å²) in [7, 11) is -2.59. The van der Waals surface area contributed by atoms with Gasteiger partial charge in [0.2, 0.25) is 0 Å². The second-order valence-electron chi connectivity index (χ2n) is 19.7. The summed E-state index contributed by atoms with van der Waals surface area (Å²) < 4.78 is 13.9. The second-order valence-corrected chi connectivity index (χ2v) is 22.9. The van der Waals surface area contributed by atoms with E-state index in [2.05, 4.69) is 224 Å². The molecule has 348 valence electrons. The fourth-order valence-electron chi connectivity index (χ4n) is 11.4. The summed E-state index contributed by atoms with van der Waals surface area (Å²) in [6, 6.07) is 82.2. The maximum Gasteiger partial charge on any atom is 0.164 e. The number of nitrogens with zero attached hydrogens (tertiary/aromatic N) is 3. The van der Waals surface area contributed by atoms with Gasteiger partial charge in [0.15, 0.2) is 17.5 Å². The number of benzene rings is 10. The molecule has 1 aliphatic carbocycles. The van der Waals surface area contributed by atoms with Gasteiger partial charge >= 0.3 is 0 Å². The first-order chi connectivity index (χ1) is 35.3. The standard InChI is InChI=1S/C67H54N3OP/c1-72(2,71)63-60-29-14-12-27-58(60)62(59-28-13-15-30-61(59)63)49-35-39-54(40-36-49)67(43-16-5-17-44-67)55-41-37-51(38-42-55)65-68-64(69-66(70-65)53-24-18-23-52(45-53)46-19-6-3-7-20-46)50-33-31-48(32-34-50)57-26-11-10-25-56(57)47-21-8-4-9-22-47/h3-4,6-15,18-42,45H,5,16-17,43-44H2,1-2H3. The van der Waals surface area contributed by atoms with Crippen LogP contribution >= 0.6 is 7.14 Å². The van der Waals surface area contributed by atoms with E-state index in [0.717, 1.165) is 73.1 Å². The van der Waals surface area contributed by atoms with Crippen LogP contribution in [0, 0.1) is 0 Å². The van der Waals surface area contributed by atoms with Crippen molar-refractivity contribution in [1.29, 1.82) is 0 Å². The Labute approximate surface area is 422 Å². The summed E-state index contributed by atoms with van der Waals surface area (Å²) in [6.45, 7) is 3.79. The molecule has 11 aromatic rings. The molecule has 0 radical (unpaired) electrons. The summed E-state index contributed by atoms with van der Waals surface area (Å²) in [5.74, 6) is 1.90. The van der Waals surface area contributed by atoms with Gasteiger partial charge in [-0.1, -0.05) is 244 Å². The minimum Gasteiger partial charge on any atom is -0.319 e.